The highest BCUT2D eigenvalue weighted by Gasteiger charge is 2.18. The van der Waals surface area contributed by atoms with Crippen LogP contribution in [0.5, 0.6) is 0 Å². The average Bonchev–Trinajstić information content (AvgIpc) is 2.30. The predicted octanol–water partition coefficient (Wildman–Crippen LogP) is 3.03. The molecule has 0 unspecified atom stereocenters. The number of rotatable bonds is 6. The Labute approximate surface area is 102 Å². The topological polar surface area (TPSA) is 15.3 Å². The van der Waals surface area contributed by atoms with Gasteiger partial charge in [0.25, 0.3) is 0 Å². The molecule has 16 heavy (non-hydrogen) atoms. The van der Waals surface area contributed by atoms with Gasteiger partial charge in [0, 0.05) is 24.7 Å². The van der Waals surface area contributed by atoms with Crippen molar-refractivity contribution >= 4 is 0 Å². The lowest BCUT2D eigenvalue weighted by Gasteiger charge is -2.32. The standard InChI is InChI=1S/C14H30N2/c1-5-14(2,3)15-11-12-16(4)13-9-7-6-8-10-13/h13,15H,5-12H2,1-4H3. The fraction of sp³-hybridized carbons (Fsp3) is 1.00. The Morgan fingerprint density at radius 2 is 1.81 bits per heavy atom. The first-order valence-electron chi connectivity index (χ1n) is 7.00. The number of nitrogens with one attached hydrogen (secondary N) is 1. The monoisotopic (exact) mass is 226 g/mol. The van der Waals surface area contributed by atoms with E-state index in [9.17, 15) is 0 Å². The Morgan fingerprint density at radius 3 is 2.38 bits per heavy atom. The van der Waals surface area contributed by atoms with Gasteiger partial charge >= 0.3 is 0 Å². The molecule has 0 aromatic carbocycles. The first kappa shape index (κ1) is 14.0. The highest BCUT2D eigenvalue weighted by Crippen LogP contribution is 2.21. The van der Waals surface area contributed by atoms with Crippen molar-refractivity contribution in [2.24, 2.45) is 0 Å². The molecule has 0 aromatic heterocycles. The van der Waals surface area contributed by atoms with Gasteiger partial charge in [0.1, 0.15) is 0 Å². The van der Waals surface area contributed by atoms with Gasteiger partial charge in [-0.15, -0.1) is 0 Å². The lowest BCUT2D eigenvalue weighted by atomic mass is 9.94. The summed E-state index contributed by atoms with van der Waals surface area (Å²) in [7, 11) is 2.29. The molecule has 0 aromatic rings. The third-order valence-corrected chi connectivity index (χ3v) is 4.15. The molecule has 0 atom stereocenters. The fourth-order valence-corrected chi connectivity index (χ4v) is 2.40. The molecule has 0 spiro atoms. The van der Waals surface area contributed by atoms with Crippen LogP contribution >= 0.6 is 0 Å². The minimum atomic E-state index is 0.299. The second kappa shape index (κ2) is 6.61. The second-order valence-corrected chi connectivity index (χ2v) is 5.94. The van der Waals surface area contributed by atoms with Gasteiger partial charge in [-0.1, -0.05) is 26.2 Å². The molecule has 1 aliphatic rings. The summed E-state index contributed by atoms with van der Waals surface area (Å²) >= 11 is 0. The lowest BCUT2D eigenvalue weighted by molar-refractivity contribution is 0.186. The molecule has 1 N–H and O–H groups in total. The Hall–Kier alpha value is -0.0800. The Bertz CT molecular complexity index is 183. The highest BCUT2D eigenvalue weighted by molar-refractivity contribution is 4.78. The summed E-state index contributed by atoms with van der Waals surface area (Å²) in [5.41, 5.74) is 0.299. The number of hydrogen-bond acceptors (Lipinski definition) is 2. The maximum atomic E-state index is 3.64. The molecule has 0 aliphatic heterocycles. The maximum Gasteiger partial charge on any atom is 0.0123 e. The summed E-state index contributed by atoms with van der Waals surface area (Å²) in [6.45, 7) is 9.13. The van der Waals surface area contributed by atoms with Crippen LogP contribution in [0, 0.1) is 0 Å². The van der Waals surface area contributed by atoms with Crippen LogP contribution in [0.15, 0.2) is 0 Å². The molecule has 0 saturated heterocycles. The molecule has 0 amide bonds. The van der Waals surface area contributed by atoms with Crippen molar-refractivity contribution in [1.82, 2.24) is 10.2 Å². The number of likely N-dealkylation sites (N-methyl/N-ethyl adjacent to an activating group) is 1. The van der Waals surface area contributed by atoms with E-state index in [1.54, 1.807) is 0 Å². The van der Waals surface area contributed by atoms with Gasteiger partial charge in [-0.05, 0) is 40.2 Å². The van der Waals surface area contributed by atoms with Crippen molar-refractivity contribution < 1.29 is 0 Å². The molecule has 0 heterocycles. The fourth-order valence-electron chi connectivity index (χ4n) is 2.40. The zero-order valence-electron chi connectivity index (χ0n) is 11.7. The normalized spacial score (nSPS) is 19.3. The molecule has 0 radical (unpaired) electrons. The number of nitrogens with zero attached hydrogens (tertiary/aromatic N) is 1. The maximum absolute atomic E-state index is 3.64. The van der Waals surface area contributed by atoms with Crippen molar-refractivity contribution in [3.05, 3.63) is 0 Å². The van der Waals surface area contributed by atoms with Gasteiger partial charge < -0.3 is 10.2 Å². The van der Waals surface area contributed by atoms with Crippen LogP contribution in [0.2, 0.25) is 0 Å². The van der Waals surface area contributed by atoms with Gasteiger partial charge in [-0.25, -0.2) is 0 Å². The first-order valence-corrected chi connectivity index (χ1v) is 7.00. The zero-order chi connectivity index (χ0) is 12.0. The first-order chi connectivity index (χ1) is 7.55. The highest BCUT2D eigenvalue weighted by atomic mass is 15.1. The van der Waals surface area contributed by atoms with E-state index in [1.807, 2.05) is 0 Å². The average molecular weight is 226 g/mol. The van der Waals surface area contributed by atoms with Crippen LogP contribution in [0.4, 0.5) is 0 Å². The summed E-state index contributed by atoms with van der Waals surface area (Å²) in [4.78, 5) is 2.55. The molecule has 2 nitrogen and oxygen atoms in total. The summed E-state index contributed by atoms with van der Waals surface area (Å²) in [6.07, 6.45) is 8.33. The third kappa shape index (κ3) is 4.84. The van der Waals surface area contributed by atoms with Crippen LogP contribution in [-0.4, -0.2) is 36.6 Å². The molecule has 1 saturated carbocycles. The third-order valence-electron chi connectivity index (χ3n) is 4.15. The molecule has 2 heteroatoms. The van der Waals surface area contributed by atoms with Gasteiger partial charge in [0.05, 0.1) is 0 Å². The Balaban J connectivity index is 2.16. The van der Waals surface area contributed by atoms with Crippen LogP contribution in [0.1, 0.15) is 59.3 Å². The summed E-state index contributed by atoms with van der Waals surface area (Å²) in [5, 5.41) is 3.64. The van der Waals surface area contributed by atoms with Crippen molar-refractivity contribution in [3.63, 3.8) is 0 Å². The van der Waals surface area contributed by atoms with Crippen LogP contribution < -0.4 is 5.32 Å². The Kier molecular flexibility index (Phi) is 5.77. The van der Waals surface area contributed by atoms with E-state index in [2.05, 4.69) is 38.0 Å². The second-order valence-electron chi connectivity index (χ2n) is 5.94. The quantitative estimate of drug-likeness (QED) is 0.749. The molecular weight excluding hydrogens is 196 g/mol. The van der Waals surface area contributed by atoms with Crippen molar-refractivity contribution in [3.8, 4) is 0 Å². The molecule has 96 valence electrons. The van der Waals surface area contributed by atoms with Crippen molar-refractivity contribution in [2.75, 3.05) is 20.1 Å². The van der Waals surface area contributed by atoms with Gasteiger partial charge in [-0.3, -0.25) is 0 Å². The molecule has 1 fully saturated rings. The minimum absolute atomic E-state index is 0.299. The summed E-state index contributed by atoms with van der Waals surface area (Å²) in [6, 6.07) is 0.847. The Morgan fingerprint density at radius 1 is 1.19 bits per heavy atom. The lowest BCUT2D eigenvalue weighted by Crippen LogP contribution is -2.44. The van der Waals surface area contributed by atoms with E-state index >= 15 is 0 Å². The minimum Gasteiger partial charge on any atom is -0.311 e. The van der Waals surface area contributed by atoms with E-state index < -0.39 is 0 Å². The molecule has 1 aliphatic carbocycles. The SMILES string of the molecule is CCC(C)(C)NCCN(C)C1CCCCC1. The molecule has 0 bridgehead atoms. The van der Waals surface area contributed by atoms with E-state index in [-0.39, 0.29) is 0 Å². The largest absolute Gasteiger partial charge is 0.311 e. The van der Waals surface area contributed by atoms with E-state index in [0.29, 0.717) is 5.54 Å². The van der Waals surface area contributed by atoms with E-state index in [4.69, 9.17) is 0 Å². The predicted molar refractivity (Wildman–Crippen MR) is 71.9 cm³/mol. The smallest absolute Gasteiger partial charge is 0.0123 e. The summed E-state index contributed by atoms with van der Waals surface area (Å²) < 4.78 is 0. The number of hydrogen-bond donors (Lipinski definition) is 1. The van der Waals surface area contributed by atoms with Crippen LogP contribution in [0.3, 0.4) is 0 Å². The van der Waals surface area contributed by atoms with E-state index in [1.165, 1.54) is 45.1 Å². The van der Waals surface area contributed by atoms with Crippen molar-refractivity contribution in [1.29, 1.82) is 0 Å². The van der Waals surface area contributed by atoms with E-state index in [0.717, 1.165) is 12.6 Å². The van der Waals surface area contributed by atoms with Crippen LogP contribution in [0.25, 0.3) is 0 Å². The molecule has 1 rings (SSSR count). The van der Waals surface area contributed by atoms with Gasteiger partial charge in [0.15, 0.2) is 0 Å². The zero-order valence-corrected chi connectivity index (χ0v) is 11.7. The van der Waals surface area contributed by atoms with Crippen molar-refractivity contribution in [2.45, 2.75) is 70.9 Å². The van der Waals surface area contributed by atoms with Gasteiger partial charge in [-0.2, -0.15) is 0 Å². The molecular formula is C14H30N2. The summed E-state index contributed by atoms with van der Waals surface area (Å²) in [5.74, 6) is 0. The van der Waals surface area contributed by atoms with Gasteiger partial charge in [0.2, 0.25) is 0 Å². The van der Waals surface area contributed by atoms with Crippen LogP contribution in [-0.2, 0) is 0 Å².